The summed E-state index contributed by atoms with van der Waals surface area (Å²) < 4.78 is 32.4. The highest BCUT2D eigenvalue weighted by Gasteiger charge is 2.30. The van der Waals surface area contributed by atoms with Crippen molar-refractivity contribution in [1.29, 1.82) is 0 Å². The maximum Gasteiger partial charge on any atom is 0.244 e. The van der Waals surface area contributed by atoms with Gasteiger partial charge in [0.2, 0.25) is 10.0 Å². The molecule has 1 saturated heterocycles. The SMILES string of the molecule is COc1ccc(CN2CCN(S(=O)(=O)c3cc(Cl)c(Cl)cc3Cl)CC2)cc1. The number of halogens is 3. The monoisotopic (exact) mass is 448 g/mol. The summed E-state index contributed by atoms with van der Waals surface area (Å²) in [6, 6.07) is 10.5. The van der Waals surface area contributed by atoms with E-state index in [1.165, 1.54) is 16.4 Å². The third kappa shape index (κ3) is 4.70. The molecule has 27 heavy (non-hydrogen) atoms. The van der Waals surface area contributed by atoms with Crippen LogP contribution in [0.5, 0.6) is 5.75 Å². The van der Waals surface area contributed by atoms with E-state index in [0.29, 0.717) is 26.2 Å². The van der Waals surface area contributed by atoms with Gasteiger partial charge in [-0.3, -0.25) is 4.90 Å². The van der Waals surface area contributed by atoms with Gasteiger partial charge in [-0.25, -0.2) is 8.42 Å². The van der Waals surface area contributed by atoms with E-state index in [2.05, 4.69) is 4.90 Å². The highest BCUT2D eigenvalue weighted by atomic mass is 35.5. The first-order valence-electron chi connectivity index (χ1n) is 8.31. The third-order valence-corrected chi connectivity index (χ3v) is 7.57. The normalized spacial score (nSPS) is 16.4. The fourth-order valence-electron chi connectivity index (χ4n) is 2.96. The lowest BCUT2D eigenvalue weighted by molar-refractivity contribution is 0.181. The van der Waals surface area contributed by atoms with Crippen LogP contribution in [0.2, 0.25) is 15.1 Å². The standard InChI is InChI=1S/C18H19Cl3N2O3S/c1-26-14-4-2-13(3-5-14)12-22-6-8-23(9-7-22)27(24,25)18-11-16(20)15(19)10-17(18)21/h2-5,10-11H,6-9,12H2,1H3. The maximum absolute atomic E-state index is 12.9. The van der Waals surface area contributed by atoms with Crippen molar-refractivity contribution in [2.24, 2.45) is 0 Å². The van der Waals surface area contributed by atoms with E-state index in [-0.39, 0.29) is 20.0 Å². The van der Waals surface area contributed by atoms with Crippen molar-refractivity contribution in [3.63, 3.8) is 0 Å². The van der Waals surface area contributed by atoms with Gasteiger partial charge < -0.3 is 4.74 Å². The van der Waals surface area contributed by atoms with Gasteiger partial charge in [0, 0.05) is 32.7 Å². The van der Waals surface area contributed by atoms with Crippen LogP contribution in [0.1, 0.15) is 5.56 Å². The molecule has 2 aromatic rings. The van der Waals surface area contributed by atoms with Gasteiger partial charge in [0.1, 0.15) is 10.6 Å². The van der Waals surface area contributed by atoms with E-state index in [1.807, 2.05) is 24.3 Å². The first-order chi connectivity index (χ1) is 12.8. The van der Waals surface area contributed by atoms with Gasteiger partial charge in [0.15, 0.2) is 0 Å². The van der Waals surface area contributed by atoms with Crippen LogP contribution in [0, 0.1) is 0 Å². The van der Waals surface area contributed by atoms with Crippen molar-refractivity contribution in [3.8, 4) is 5.75 Å². The highest BCUT2D eigenvalue weighted by Crippen LogP contribution is 2.33. The summed E-state index contributed by atoms with van der Waals surface area (Å²) in [6.45, 7) is 2.78. The summed E-state index contributed by atoms with van der Waals surface area (Å²) in [5.74, 6) is 0.813. The largest absolute Gasteiger partial charge is 0.497 e. The zero-order valence-electron chi connectivity index (χ0n) is 14.7. The Morgan fingerprint density at radius 1 is 0.926 bits per heavy atom. The summed E-state index contributed by atoms with van der Waals surface area (Å²) in [5.41, 5.74) is 1.15. The fourth-order valence-corrected chi connectivity index (χ4v) is 5.36. The number of methoxy groups -OCH3 is 1. The molecule has 0 unspecified atom stereocenters. The Bertz CT molecular complexity index is 912. The first-order valence-corrected chi connectivity index (χ1v) is 10.9. The van der Waals surface area contributed by atoms with E-state index >= 15 is 0 Å². The van der Waals surface area contributed by atoms with Crippen molar-refractivity contribution in [1.82, 2.24) is 9.21 Å². The van der Waals surface area contributed by atoms with Gasteiger partial charge in [0.05, 0.1) is 22.2 Å². The van der Waals surface area contributed by atoms with Crippen LogP contribution in [-0.2, 0) is 16.6 Å². The van der Waals surface area contributed by atoms with E-state index in [0.717, 1.165) is 17.9 Å². The minimum atomic E-state index is -3.72. The number of ether oxygens (including phenoxy) is 1. The van der Waals surface area contributed by atoms with Crippen molar-refractivity contribution < 1.29 is 13.2 Å². The Kier molecular flexibility index (Phi) is 6.56. The zero-order chi connectivity index (χ0) is 19.6. The number of nitrogens with zero attached hydrogens (tertiary/aromatic N) is 2. The number of piperazine rings is 1. The van der Waals surface area contributed by atoms with Crippen molar-refractivity contribution in [2.45, 2.75) is 11.4 Å². The van der Waals surface area contributed by atoms with Gasteiger partial charge in [-0.1, -0.05) is 46.9 Å². The summed E-state index contributed by atoms with van der Waals surface area (Å²) in [4.78, 5) is 2.20. The molecule has 0 atom stereocenters. The molecule has 0 spiro atoms. The molecule has 0 saturated carbocycles. The average Bonchev–Trinajstić information content (AvgIpc) is 2.65. The van der Waals surface area contributed by atoms with Crippen LogP contribution < -0.4 is 4.74 Å². The second kappa shape index (κ2) is 8.55. The molecule has 5 nitrogen and oxygen atoms in total. The number of hydrogen-bond donors (Lipinski definition) is 0. The summed E-state index contributed by atoms with van der Waals surface area (Å²) in [6.07, 6.45) is 0. The van der Waals surface area contributed by atoms with E-state index in [9.17, 15) is 8.42 Å². The van der Waals surface area contributed by atoms with Crippen LogP contribution in [-0.4, -0.2) is 50.9 Å². The number of benzene rings is 2. The average molecular weight is 450 g/mol. The van der Waals surface area contributed by atoms with Gasteiger partial charge >= 0.3 is 0 Å². The molecule has 0 amide bonds. The Labute approximate surface area is 174 Å². The lowest BCUT2D eigenvalue weighted by atomic mass is 10.2. The minimum Gasteiger partial charge on any atom is -0.497 e. The quantitative estimate of drug-likeness (QED) is 0.643. The number of hydrogen-bond acceptors (Lipinski definition) is 4. The number of sulfonamides is 1. The van der Waals surface area contributed by atoms with Crippen LogP contribution in [0.4, 0.5) is 0 Å². The van der Waals surface area contributed by atoms with Gasteiger partial charge in [-0.05, 0) is 29.8 Å². The summed E-state index contributed by atoms with van der Waals surface area (Å²) in [5, 5.41) is 0.466. The van der Waals surface area contributed by atoms with Gasteiger partial charge in [0.25, 0.3) is 0 Å². The summed E-state index contributed by atoms with van der Waals surface area (Å²) in [7, 11) is -2.09. The van der Waals surface area contributed by atoms with Crippen LogP contribution >= 0.6 is 34.8 Å². The molecule has 9 heteroatoms. The Hall–Kier alpha value is -1.02. The lowest BCUT2D eigenvalue weighted by Gasteiger charge is -2.34. The van der Waals surface area contributed by atoms with Gasteiger partial charge in [-0.15, -0.1) is 0 Å². The molecule has 2 aromatic carbocycles. The topological polar surface area (TPSA) is 49.9 Å². The van der Waals surface area contributed by atoms with Crippen LogP contribution in [0.15, 0.2) is 41.3 Å². The second-order valence-corrected chi connectivity index (χ2v) is 9.35. The van der Waals surface area contributed by atoms with Gasteiger partial charge in [-0.2, -0.15) is 4.31 Å². The molecule has 0 aromatic heterocycles. The molecule has 146 valence electrons. The molecule has 1 heterocycles. The Balaban J connectivity index is 1.66. The van der Waals surface area contributed by atoms with Crippen LogP contribution in [0.25, 0.3) is 0 Å². The molecule has 1 aliphatic rings. The van der Waals surface area contributed by atoms with Crippen molar-refractivity contribution in [3.05, 3.63) is 57.0 Å². The van der Waals surface area contributed by atoms with Crippen molar-refractivity contribution in [2.75, 3.05) is 33.3 Å². The Morgan fingerprint density at radius 2 is 1.52 bits per heavy atom. The summed E-state index contributed by atoms with van der Waals surface area (Å²) >= 11 is 18.0. The maximum atomic E-state index is 12.9. The Morgan fingerprint density at radius 3 is 2.11 bits per heavy atom. The lowest BCUT2D eigenvalue weighted by Crippen LogP contribution is -2.48. The van der Waals surface area contributed by atoms with E-state index < -0.39 is 10.0 Å². The molecule has 1 aliphatic heterocycles. The third-order valence-electron chi connectivity index (χ3n) is 4.49. The molecule has 1 fully saturated rings. The molecular formula is C18H19Cl3N2O3S. The minimum absolute atomic E-state index is 0.0119. The molecule has 0 radical (unpaired) electrons. The molecule has 0 bridgehead atoms. The number of rotatable bonds is 5. The van der Waals surface area contributed by atoms with E-state index in [4.69, 9.17) is 39.5 Å². The molecule has 0 N–H and O–H groups in total. The second-order valence-electron chi connectivity index (χ2n) is 6.23. The fraction of sp³-hybridized carbons (Fsp3) is 0.333. The predicted molar refractivity (Wildman–Crippen MR) is 109 cm³/mol. The molecule has 0 aliphatic carbocycles. The first kappa shape index (κ1) is 20.7. The highest BCUT2D eigenvalue weighted by molar-refractivity contribution is 7.89. The van der Waals surface area contributed by atoms with Crippen molar-refractivity contribution >= 4 is 44.8 Å². The zero-order valence-corrected chi connectivity index (χ0v) is 17.7. The molecule has 3 rings (SSSR count). The van der Waals surface area contributed by atoms with Crippen LogP contribution in [0.3, 0.4) is 0 Å². The van der Waals surface area contributed by atoms with E-state index in [1.54, 1.807) is 7.11 Å². The smallest absolute Gasteiger partial charge is 0.244 e. The molecular weight excluding hydrogens is 431 g/mol. The predicted octanol–water partition coefficient (Wildman–Crippen LogP) is 4.16.